The minimum absolute atomic E-state index is 0.0546. The molecular formula is C11H12Cl2O3. The molecule has 1 aromatic carbocycles. The van der Waals surface area contributed by atoms with E-state index < -0.39 is 11.4 Å². The topological polar surface area (TPSA) is 46.5 Å². The van der Waals surface area contributed by atoms with Gasteiger partial charge in [0.15, 0.2) is 0 Å². The van der Waals surface area contributed by atoms with E-state index in [2.05, 4.69) is 0 Å². The Labute approximate surface area is 104 Å². The molecule has 0 spiro atoms. The van der Waals surface area contributed by atoms with Crippen LogP contribution >= 0.6 is 23.2 Å². The van der Waals surface area contributed by atoms with E-state index in [1.54, 1.807) is 32.0 Å². The molecule has 0 unspecified atom stereocenters. The van der Waals surface area contributed by atoms with Crippen molar-refractivity contribution in [3.05, 3.63) is 28.2 Å². The van der Waals surface area contributed by atoms with Crippen LogP contribution in [0.25, 0.3) is 0 Å². The lowest BCUT2D eigenvalue weighted by molar-refractivity contribution is -0.148. The maximum absolute atomic E-state index is 10.8. The molecule has 0 saturated carbocycles. The zero-order chi connectivity index (χ0) is 12.3. The molecule has 0 aliphatic heterocycles. The Morgan fingerprint density at radius 2 is 1.81 bits per heavy atom. The lowest BCUT2D eigenvalue weighted by Gasteiger charge is -2.19. The number of carboxylic acids is 1. The van der Waals surface area contributed by atoms with Crippen LogP contribution in [-0.2, 0) is 4.79 Å². The SMILES string of the molecule is CC(C)(COc1cc(Cl)cc(Cl)c1)C(=O)O. The quantitative estimate of drug-likeness (QED) is 0.904. The Balaban J connectivity index is 2.71. The third-order valence-corrected chi connectivity index (χ3v) is 2.45. The zero-order valence-electron chi connectivity index (χ0n) is 8.96. The van der Waals surface area contributed by atoms with E-state index in [-0.39, 0.29) is 6.61 Å². The first-order valence-corrected chi connectivity index (χ1v) is 5.39. The summed E-state index contributed by atoms with van der Waals surface area (Å²) in [6.07, 6.45) is 0. The van der Waals surface area contributed by atoms with E-state index in [1.807, 2.05) is 0 Å². The van der Waals surface area contributed by atoms with Crippen molar-refractivity contribution in [1.82, 2.24) is 0 Å². The van der Waals surface area contributed by atoms with Crippen LogP contribution in [0.3, 0.4) is 0 Å². The Morgan fingerprint density at radius 3 is 2.25 bits per heavy atom. The molecule has 88 valence electrons. The molecule has 0 saturated heterocycles. The second-order valence-electron chi connectivity index (χ2n) is 4.08. The van der Waals surface area contributed by atoms with E-state index in [0.717, 1.165) is 0 Å². The number of hydrogen-bond donors (Lipinski definition) is 1. The van der Waals surface area contributed by atoms with Crippen LogP contribution in [0.5, 0.6) is 5.75 Å². The number of hydrogen-bond acceptors (Lipinski definition) is 2. The normalized spacial score (nSPS) is 11.2. The predicted molar refractivity (Wildman–Crippen MR) is 63.4 cm³/mol. The number of rotatable bonds is 4. The first-order chi connectivity index (χ1) is 7.31. The molecule has 5 heteroatoms. The average molecular weight is 263 g/mol. The van der Waals surface area contributed by atoms with E-state index in [0.29, 0.717) is 15.8 Å². The molecule has 0 aliphatic rings. The molecule has 0 heterocycles. The van der Waals surface area contributed by atoms with E-state index >= 15 is 0 Å². The number of ether oxygens (including phenoxy) is 1. The monoisotopic (exact) mass is 262 g/mol. The number of halogens is 2. The van der Waals surface area contributed by atoms with Gasteiger partial charge in [-0.2, -0.15) is 0 Å². The highest BCUT2D eigenvalue weighted by Crippen LogP contribution is 2.26. The van der Waals surface area contributed by atoms with Crippen molar-refractivity contribution < 1.29 is 14.6 Å². The lowest BCUT2D eigenvalue weighted by Crippen LogP contribution is -2.30. The minimum Gasteiger partial charge on any atom is -0.492 e. The molecule has 1 rings (SSSR count). The van der Waals surface area contributed by atoms with Gasteiger partial charge in [-0.3, -0.25) is 4.79 Å². The Hall–Kier alpha value is -0.930. The summed E-state index contributed by atoms with van der Waals surface area (Å²) in [7, 11) is 0. The molecule has 0 bridgehead atoms. The van der Waals surface area contributed by atoms with Crippen LogP contribution in [0, 0.1) is 5.41 Å². The molecule has 3 nitrogen and oxygen atoms in total. The fourth-order valence-electron chi connectivity index (χ4n) is 0.937. The van der Waals surface area contributed by atoms with Gasteiger partial charge in [-0.05, 0) is 32.0 Å². The predicted octanol–water partition coefficient (Wildman–Crippen LogP) is 3.48. The van der Waals surface area contributed by atoms with Gasteiger partial charge in [-0.25, -0.2) is 0 Å². The average Bonchev–Trinajstić information content (AvgIpc) is 2.13. The molecule has 0 fully saturated rings. The fraction of sp³-hybridized carbons (Fsp3) is 0.364. The number of carboxylic acid groups (broad SMARTS) is 1. The molecule has 0 amide bonds. The van der Waals surface area contributed by atoms with Crippen LogP contribution in [-0.4, -0.2) is 17.7 Å². The van der Waals surface area contributed by atoms with Crippen molar-refractivity contribution >= 4 is 29.2 Å². The molecule has 0 aliphatic carbocycles. The van der Waals surface area contributed by atoms with Gasteiger partial charge in [0.1, 0.15) is 12.4 Å². The maximum Gasteiger partial charge on any atom is 0.312 e. The lowest BCUT2D eigenvalue weighted by atomic mass is 9.95. The Morgan fingerprint density at radius 1 is 1.31 bits per heavy atom. The fourth-order valence-corrected chi connectivity index (χ4v) is 1.44. The molecule has 0 atom stereocenters. The highest BCUT2D eigenvalue weighted by atomic mass is 35.5. The van der Waals surface area contributed by atoms with Gasteiger partial charge in [0, 0.05) is 10.0 Å². The maximum atomic E-state index is 10.8. The first kappa shape index (κ1) is 13.1. The second kappa shape index (κ2) is 4.93. The van der Waals surface area contributed by atoms with E-state index in [9.17, 15) is 4.79 Å². The third kappa shape index (κ3) is 3.58. The van der Waals surface area contributed by atoms with Gasteiger partial charge in [0.2, 0.25) is 0 Å². The van der Waals surface area contributed by atoms with Crippen LogP contribution in [0.1, 0.15) is 13.8 Å². The summed E-state index contributed by atoms with van der Waals surface area (Å²) in [5.74, 6) is -0.451. The number of aliphatic carboxylic acids is 1. The number of carbonyl (C=O) groups is 1. The van der Waals surface area contributed by atoms with Crippen molar-refractivity contribution in [2.24, 2.45) is 5.41 Å². The summed E-state index contributed by atoms with van der Waals surface area (Å²) < 4.78 is 5.34. The third-order valence-electron chi connectivity index (χ3n) is 2.01. The minimum atomic E-state index is -0.950. The van der Waals surface area contributed by atoms with Crippen molar-refractivity contribution in [3.8, 4) is 5.75 Å². The second-order valence-corrected chi connectivity index (χ2v) is 4.96. The van der Waals surface area contributed by atoms with Crippen molar-refractivity contribution in [3.63, 3.8) is 0 Å². The summed E-state index contributed by atoms with van der Waals surface area (Å²) in [5, 5.41) is 9.80. The summed E-state index contributed by atoms with van der Waals surface area (Å²) in [6, 6.07) is 4.76. The van der Waals surface area contributed by atoms with E-state index in [1.165, 1.54) is 0 Å². The van der Waals surface area contributed by atoms with Gasteiger partial charge in [0.05, 0.1) is 5.41 Å². The van der Waals surface area contributed by atoms with Gasteiger partial charge in [0.25, 0.3) is 0 Å². The molecule has 0 aromatic heterocycles. The zero-order valence-corrected chi connectivity index (χ0v) is 10.5. The van der Waals surface area contributed by atoms with Crippen LogP contribution in [0.4, 0.5) is 0 Å². The van der Waals surface area contributed by atoms with Crippen molar-refractivity contribution in [2.75, 3.05) is 6.61 Å². The van der Waals surface area contributed by atoms with Gasteiger partial charge in [-0.15, -0.1) is 0 Å². The van der Waals surface area contributed by atoms with Gasteiger partial charge in [-0.1, -0.05) is 23.2 Å². The van der Waals surface area contributed by atoms with Gasteiger partial charge < -0.3 is 9.84 Å². The molecular weight excluding hydrogens is 251 g/mol. The Bertz CT molecular complexity index is 382. The first-order valence-electron chi connectivity index (χ1n) is 4.63. The highest BCUT2D eigenvalue weighted by Gasteiger charge is 2.28. The van der Waals surface area contributed by atoms with Crippen molar-refractivity contribution in [1.29, 1.82) is 0 Å². The standard InChI is InChI=1S/C11H12Cl2O3/c1-11(2,10(14)15)6-16-9-4-7(12)3-8(13)5-9/h3-5H,6H2,1-2H3,(H,14,15). The highest BCUT2D eigenvalue weighted by molar-refractivity contribution is 6.34. The largest absolute Gasteiger partial charge is 0.492 e. The van der Waals surface area contributed by atoms with Crippen LogP contribution in [0.15, 0.2) is 18.2 Å². The van der Waals surface area contributed by atoms with Crippen LogP contribution < -0.4 is 4.74 Å². The van der Waals surface area contributed by atoms with Gasteiger partial charge >= 0.3 is 5.97 Å². The molecule has 16 heavy (non-hydrogen) atoms. The smallest absolute Gasteiger partial charge is 0.312 e. The van der Waals surface area contributed by atoms with E-state index in [4.69, 9.17) is 33.0 Å². The summed E-state index contributed by atoms with van der Waals surface area (Å²) in [5.41, 5.74) is -0.950. The summed E-state index contributed by atoms with van der Waals surface area (Å²) in [6.45, 7) is 3.22. The summed E-state index contributed by atoms with van der Waals surface area (Å²) in [4.78, 5) is 10.8. The molecule has 1 aromatic rings. The molecule has 0 radical (unpaired) electrons. The van der Waals surface area contributed by atoms with Crippen LogP contribution in [0.2, 0.25) is 10.0 Å². The Kier molecular flexibility index (Phi) is 4.05. The summed E-state index contributed by atoms with van der Waals surface area (Å²) >= 11 is 11.6. The molecule has 1 N–H and O–H groups in total. The number of benzene rings is 1. The van der Waals surface area contributed by atoms with Crippen molar-refractivity contribution in [2.45, 2.75) is 13.8 Å².